The van der Waals surface area contributed by atoms with Gasteiger partial charge in [-0.1, -0.05) is 0 Å². The Morgan fingerprint density at radius 2 is 1.79 bits per heavy atom. The van der Waals surface area contributed by atoms with E-state index in [1.807, 2.05) is 11.0 Å². The van der Waals surface area contributed by atoms with E-state index < -0.39 is 11.9 Å². The van der Waals surface area contributed by atoms with Crippen molar-refractivity contribution in [3.05, 3.63) is 11.8 Å². The molecule has 1 amide bonds. The summed E-state index contributed by atoms with van der Waals surface area (Å²) in [5.74, 6) is -1.60. The number of hydrogen-bond acceptors (Lipinski definition) is 6. The molecule has 0 atom stereocenters. The quantitative estimate of drug-likeness (QED) is 0.476. The van der Waals surface area contributed by atoms with Gasteiger partial charge in [0.1, 0.15) is 11.6 Å². The predicted molar refractivity (Wildman–Crippen MR) is 86.0 cm³/mol. The van der Waals surface area contributed by atoms with Crippen LogP contribution in [-0.4, -0.2) is 80.4 Å². The Hall–Kier alpha value is -2.11. The summed E-state index contributed by atoms with van der Waals surface area (Å²) in [5.41, 5.74) is 0.0379. The number of hydrogen-bond donors (Lipinski definition) is 1. The van der Waals surface area contributed by atoms with Crippen molar-refractivity contribution in [2.75, 3.05) is 53.6 Å². The van der Waals surface area contributed by atoms with Gasteiger partial charge in [0.25, 0.3) is 5.91 Å². The van der Waals surface area contributed by atoms with Crippen LogP contribution in [0.1, 0.15) is 12.8 Å². The zero-order chi connectivity index (χ0) is 17.9. The number of piperidine rings is 1. The second kappa shape index (κ2) is 10.6. The highest BCUT2D eigenvalue weighted by Crippen LogP contribution is 2.19. The number of methoxy groups -OCH3 is 2. The fraction of sp³-hybridized carbons (Fsp3) is 0.688. The van der Waals surface area contributed by atoms with Crippen LogP contribution in [0.15, 0.2) is 11.8 Å². The Morgan fingerprint density at radius 1 is 1.25 bits per heavy atom. The number of nitriles is 1. The van der Waals surface area contributed by atoms with Crippen LogP contribution in [0.3, 0.4) is 0 Å². The van der Waals surface area contributed by atoms with Crippen LogP contribution < -0.4 is 0 Å². The van der Waals surface area contributed by atoms with Crippen LogP contribution in [0.2, 0.25) is 0 Å². The summed E-state index contributed by atoms with van der Waals surface area (Å²) >= 11 is 0. The van der Waals surface area contributed by atoms with Crippen molar-refractivity contribution in [3.63, 3.8) is 0 Å². The number of rotatable bonds is 9. The van der Waals surface area contributed by atoms with E-state index in [1.165, 1.54) is 6.20 Å². The molecule has 0 aromatic carbocycles. The first kappa shape index (κ1) is 19.9. The van der Waals surface area contributed by atoms with Crippen LogP contribution in [-0.2, 0) is 19.1 Å². The van der Waals surface area contributed by atoms with Gasteiger partial charge in [-0.05, 0) is 12.8 Å². The van der Waals surface area contributed by atoms with E-state index in [4.69, 9.17) is 14.6 Å². The van der Waals surface area contributed by atoms with Crippen LogP contribution >= 0.6 is 0 Å². The number of aliphatic carboxylic acids is 1. The Labute approximate surface area is 142 Å². The zero-order valence-electron chi connectivity index (χ0n) is 14.2. The first-order valence-electron chi connectivity index (χ1n) is 7.89. The number of carbonyl (C=O) groups excluding carboxylic acids is 1. The molecule has 24 heavy (non-hydrogen) atoms. The molecule has 0 aliphatic carbocycles. The van der Waals surface area contributed by atoms with E-state index in [0.717, 1.165) is 0 Å². The lowest BCUT2D eigenvalue weighted by Gasteiger charge is -2.30. The van der Waals surface area contributed by atoms with Gasteiger partial charge in [0.2, 0.25) is 0 Å². The molecular formula is C16H25N3O5. The summed E-state index contributed by atoms with van der Waals surface area (Å²) < 4.78 is 10.1. The van der Waals surface area contributed by atoms with Crippen molar-refractivity contribution in [2.24, 2.45) is 5.92 Å². The van der Waals surface area contributed by atoms with Gasteiger partial charge in [-0.2, -0.15) is 5.26 Å². The molecule has 0 bridgehead atoms. The van der Waals surface area contributed by atoms with Gasteiger partial charge in [-0.3, -0.25) is 9.59 Å². The minimum Gasteiger partial charge on any atom is -0.481 e. The van der Waals surface area contributed by atoms with Crippen LogP contribution in [0, 0.1) is 17.2 Å². The van der Waals surface area contributed by atoms with E-state index in [0.29, 0.717) is 52.2 Å². The first-order chi connectivity index (χ1) is 11.5. The fourth-order valence-electron chi connectivity index (χ4n) is 2.47. The Kier molecular flexibility index (Phi) is 8.83. The average molecular weight is 339 g/mol. The molecule has 0 radical (unpaired) electrons. The molecule has 1 rings (SSSR count). The lowest BCUT2D eigenvalue weighted by Crippen LogP contribution is -2.41. The number of carboxylic acid groups (broad SMARTS) is 1. The number of ether oxygens (including phenoxy) is 2. The lowest BCUT2D eigenvalue weighted by molar-refractivity contribution is -0.145. The molecule has 0 unspecified atom stereocenters. The third-order valence-electron chi connectivity index (χ3n) is 3.96. The van der Waals surface area contributed by atoms with Crippen LogP contribution in [0.4, 0.5) is 0 Å². The molecular weight excluding hydrogens is 314 g/mol. The van der Waals surface area contributed by atoms with Crippen LogP contribution in [0.25, 0.3) is 0 Å². The summed E-state index contributed by atoms with van der Waals surface area (Å²) in [7, 11) is 3.17. The summed E-state index contributed by atoms with van der Waals surface area (Å²) in [4.78, 5) is 26.8. The molecule has 8 nitrogen and oxygen atoms in total. The molecule has 1 heterocycles. The third-order valence-corrected chi connectivity index (χ3v) is 3.96. The minimum atomic E-state index is -0.830. The third kappa shape index (κ3) is 6.18. The lowest BCUT2D eigenvalue weighted by atomic mass is 9.97. The second-order valence-corrected chi connectivity index (χ2v) is 5.58. The standard InChI is InChI=1S/C16H25N3O5/c1-23-9-7-18(8-10-24-2)12-14(11-17)15(20)19-5-3-13(4-6-19)16(21)22/h12-13H,3-10H2,1-2H3,(H,21,22)/b14-12-. The van der Waals surface area contributed by atoms with Gasteiger partial charge in [0.15, 0.2) is 0 Å². The fourth-order valence-corrected chi connectivity index (χ4v) is 2.47. The summed E-state index contributed by atoms with van der Waals surface area (Å²) in [6, 6.07) is 1.95. The van der Waals surface area contributed by atoms with Gasteiger partial charge < -0.3 is 24.4 Å². The van der Waals surface area contributed by atoms with E-state index in [2.05, 4.69) is 0 Å². The molecule has 8 heteroatoms. The Morgan fingerprint density at radius 3 is 2.21 bits per heavy atom. The van der Waals surface area contributed by atoms with Gasteiger partial charge in [-0.25, -0.2) is 0 Å². The van der Waals surface area contributed by atoms with Crippen molar-refractivity contribution >= 4 is 11.9 Å². The average Bonchev–Trinajstić information content (AvgIpc) is 2.60. The normalized spacial score (nSPS) is 15.9. The summed E-state index contributed by atoms with van der Waals surface area (Å²) in [6.07, 6.45) is 2.36. The minimum absolute atomic E-state index is 0.0379. The zero-order valence-corrected chi connectivity index (χ0v) is 14.2. The highest BCUT2D eigenvalue weighted by Gasteiger charge is 2.28. The van der Waals surface area contributed by atoms with Gasteiger partial charge in [0, 0.05) is 46.6 Å². The molecule has 1 aliphatic heterocycles. The first-order valence-corrected chi connectivity index (χ1v) is 7.89. The number of carboxylic acids is 1. The van der Waals surface area contributed by atoms with Gasteiger partial charge >= 0.3 is 5.97 Å². The van der Waals surface area contributed by atoms with E-state index in [1.54, 1.807) is 19.1 Å². The molecule has 134 valence electrons. The Bertz CT molecular complexity index is 484. The monoisotopic (exact) mass is 339 g/mol. The van der Waals surface area contributed by atoms with Crippen molar-refractivity contribution in [1.29, 1.82) is 5.26 Å². The maximum atomic E-state index is 12.5. The molecule has 1 N–H and O–H groups in total. The molecule has 0 aromatic heterocycles. The molecule has 0 saturated carbocycles. The van der Waals surface area contributed by atoms with Gasteiger partial charge in [-0.15, -0.1) is 0 Å². The van der Waals surface area contributed by atoms with Crippen molar-refractivity contribution in [1.82, 2.24) is 9.80 Å². The maximum Gasteiger partial charge on any atom is 0.306 e. The van der Waals surface area contributed by atoms with Gasteiger partial charge in [0.05, 0.1) is 19.1 Å². The molecule has 0 spiro atoms. The SMILES string of the molecule is COCCN(/C=C(/C#N)C(=O)N1CCC(C(=O)O)CC1)CCOC. The van der Waals surface area contributed by atoms with E-state index in [9.17, 15) is 14.9 Å². The Balaban J connectivity index is 2.72. The van der Waals surface area contributed by atoms with Crippen molar-refractivity contribution in [3.8, 4) is 6.07 Å². The summed E-state index contributed by atoms with van der Waals surface area (Å²) in [6.45, 7) is 2.73. The number of amides is 1. The van der Waals surface area contributed by atoms with Crippen LogP contribution in [0.5, 0.6) is 0 Å². The highest BCUT2D eigenvalue weighted by atomic mass is 16.5. The number of carbonyl (C=O) groups is 2. The second-order valence-electron chi connectivity index (χ2n) is 5.58. The smallest absolute Gasteiger partial charge is 0.306 e. The van der Waals surface area contributed by atoms with E-state index in [-0.39, 0.29) is 11.5 Å². The van der Waals surface area contributed by atoms with Crippen molar-refractivity contribution < 1.29 is 24.2 Å². The number of nitrogens with zero attached hydrogens (tertiary/aromatic N) is 3. The molecule has 1 aliphatic rings. The van der Waals surface area contributed by atoms with Crippen molar-refractivity contribution in [2.45, 2.75) is 12.8 Å². The molecule has 1 saturated heterocycles. The number of likely N-dealkylation sites (tertiary alicyclic amines) is 1. The topological polar surface area (TPSA) is 103 Å². The largest absolute Gasteiger partial charge is 0.481 e. The summed E-state index contributed by atoms with van der Waals surface area (Å²) in [5, 5.41) is 18.3. The predicted octanol–water partition coefficient (Wildman–Crippen LogP) is 0.312. The highest BCUT2D eigenvalue weighted by molar-refractivity contribution is 5.97. The maximum absolute atomic E-state index is 12.5. The van der Waals surface area contributed by atoms with E-state index >= 15 is 0 Å². The molecule has 1 fully saturated rings. The molecule has 0 aromatic rings.